The summed E-state index contributed by atoms with van der Waals surface area (Å²) in [5.41, 5.74) is 0.966. The number of nitrogens with one attached hydrogen (secondary N) is 1. The lowest BCUT2D eigenvalue weighted by Crippen LogP contribution is -2.57. The molecule has 1 N–H and O–H groups in total. The molecule has 4 heterocycles. The number of alkyl halides is 2. The second-order valence-electron chi connectivity index (χ2n) is 13.4. The van der Waals surface area contributed by atoms with Crippen LogP contribution < -0.4 is 5.32 Å². The molecule has 2 bridgehead atoms. The lowest BCUT2D eigenvalue weighted by molar-refractivity contribution is -0.130. The number of ether oxygens (including phenoxy) is 1. The number of nitrogens with zero attached hydrogens (tertiary/aromatic N) is 3. The summed E-state index contributed by atoms with van der Waals surface area (Å²) < 4.78 is 32.9. The Hall–Kier alpha value is -1.97. The van der Waals surface area contributed by atoms with Gasteiger partial charge >= 0.3 is 6.03 Å². The van der Waals surface area contributed by atoms with E-state index in [1.807, 2.05) is 37.4 Å². The van der Waals surface area contributed by atoms with E-state index in [9.17, 15) is 18.4 Å². The van der Waals surface area contributed by atoms with Gasteiger partial charge in [-0.3, -0.25) is 9.69 Å². The number of rotatable bonds is 8. The van der Waals surface area contributed by atoms with Crippen LogP contribution in [0, 0.1) is 11.8 Å². The normalized spacial score (nSPS) is 30.9. The van der Waals surface area contributed by atoms with Crippen molar-refractivity contribution >= 4 is 24.3 Å². The third-order valence-corrected chi connectivity index (χ3v) is 10.9. The van der Waals surface area contributed by atoms with Gasteiger partial charge in [0.15, 0.2) is 0 Å². The number of piperidine rings is 1. The van der Waals surface area contributed by atoms with Gasteiger partial charge < -0.3 is 19.9 Å². The van der Waals surface area contributed by atoms with Crippen molar-refractivity contribution in [1.29, 1.82) is 0 Å². The number of fused-ring (bicyclic) bond motifs is 2. The maximum Gasteiger partial charge on any atom is 0.320 e. The lowest BCUT2D eigenvalue weighted by Gasteiger charge is -2.47. The van der Waals surface area contributed by atoms with Crippen molar-refractivity contribution in [1.82, 2.24) is 20.0 Å². The number of urea groups is 1. The molecule has 3 atom stereocenters. The third kappa shape index (κ3) is 6.58. The maximum absolute atomic E-state index is 13.7. The lowest BCUT2D eigenvalue weighted by atomic mass is 9.82. The first-order chi connectivity index (χ1) is 19.7. The number of amides is 3. The standard InChI is InChI=1S/C32H46F2N4O3.ClH/c1-36-30(40)37(21-23-12-17-41-18-13-23)22-31(36)19-26-7-8-27(20-31)38(26)16-11-28(24-5-3-2-4-6-24)35-29(39)25-9-14-32(33,34)15-10-25;/h2-6,23,25-28H,7-22H2,1H3,(H,35,39);1H/t26?,27?,28-,31?;/m0./s1. The molecule has 1 aromatic rings. The van der Waals surface area contributed by atoms with Gasteiger partial charge in [-0.2, -0.15) is 0 Å². The zero-order chi connectivity index (χ0) is 28.6. The van der Waals surface area contributed by atoms with Crippen LogP contribution >= 0.6 is 12.4 Å². The first kappa shape index (κ1) is 31.5. The molecule has 42 heavy (non-hydrogen) atoms. The molecule has 1 spiro atoms. The van der Waals surface area contributed by atoms with Gasteiger partial charge in [0.25, 0.3) is 0 Å². The Kier molecular flexibility index (Phi) is 9.70. The monoisotopic (exact) mass is 608 g/mol. The second-order valence-corrected chi connectivity index (χ2v) is 13.4. The summed E-state index contributed by atoms with van der Waals surface area (Å²) >= 11 is 0. The molecule has 4 saturated heterocycles. The molecule has 0 radical (unpaired) electrons. The van der Waals surface area contributed by atoms with Crippen LogP contribution in [-0.2, 0) is 9.53 Å². The minimum absolute atomic E-state index is 0. The first-order valence-corrected chi connectivity index (χ1v) is 15.8. The van der Waals surface area contributed by atoms with Gasteiger partial charge in [-0.25, -0.2) is 13.6 Å². The highest BCUT2D eigenvalue weighted by molar-refractivity contribution is 5.85. The molecule has 0 aromatic heterocycles. The Balaban J connectivity index is 0.00000353. The van der Waals surface area contributed by atoms with Crippen molar-refractivity contribution in [2.24, 2.45) is 11.8 Å². The summed E-state index contributed by atoms with van der Waals surface area (Å²) in [4.78, 5) is 33.3. The minimum atomic E-state index is -2.64. The molecule has 2 unspecified atom stereocenters. The van der Waals surface area contributed by atoms with Crippen LogP contribution in [-0.4, -0.2) is 90.1 Å². The highest BCUT2D eigenvalue weighted by Gasteiger charge is 2.56. The van der Waals surface area contributed by atoms with Crippen LogP contribution in [0.2, 0.25) is 0 Å². The second kappa shape index (κ2) is 12.9. The van der Waals surface area contributed by atoms with Crippen LogP contribution in [0.5, 0.6) is 0 Å². The molecule has 1 aromatic carbocycles. The van der Waals surface area contributed by atoms with E-state index < -0.39 is 5.92 Å². The zero-order valence-electron chi connectivity index (χ0n) is 24.8. The molecular weight excluding hydrogens is 562 g/mol. The van der Waals surface area contributed by atoms with Crippen molar-refractivity contribution in [3.05, 3.63) is 35.9 Å². The molecule has 3 amide bonds. The fourth-order valence-corrected chi connectivity index (χ4v) is 8.39. The zero-order valence-corrected chi connectivity index (χ0v) is 25.6. The van der Waals surface area contributed by atoms with E-state index in [1.165, 1.54) is 0 Å². The van der Waals surface area contributed by atoms with Crippen molar-refractivity contribution in [3.8, 4) is 0 Å². The van der Waals surface area contributed by atoms with Crippen molar-refractivity contribution < 1.29 is 23.1 Å². The number of benzene rings is 1. The first-order valence-electron chi connectivity index (χ1n) is 15.8. The van der Waals surface area contributed by atoms with Gasteiger partial charge in [0.1, 0.15) is 0 Å². The van der Waals surface area contributed by atoms with E-state index in [2.05, 4.69) is 20.0 Å². The molecule has 234 valence electrons. The number of carbonyl (C=O) groups excluding carboxylic acids is 2. The fraction of sp³-hybridized carbons (Fsp3) is 0.750. The maximum atomic E-state index is 13.7. The van der Waals surface area contributed by atoms with Crippen LogP contribution in [0.25, 0.3) is 0 Å². The van der Waals surface area contributed by atoms with E-state index in [1.54, 1.807) is 0 Å². The Labute approximate surface area is 255 Å². The SMILES string of the molecule is CN1C(=O)N(CC2CCOCC2)CC12CC1CCC(C2)N1CC[C@H](NC(=O)C1CCC(F)(F)CC1)c1ccccc1.Cl. The molecule has 5 fully saturated rings. The van der Waals surface area contributed by atoms with Crippen molar-refractivity contribution in [2.45, 2.75) is 100 Å². The van der Waals surface area contributed by atoms with Gasteiger partial charge in [0.2, 0.25) is 11.8 Å². The molecule has 5 aliphatic rings. The number of hydrogen-bond acceptors (Lipinski definition) is 4. The summed E-state index contributed by atoms with van der Waals surface area (Å²) in [7, 11) is 2.00. The van der Waals surface area contributed by atoms with Crippen LogP contribution in [0.4, 0.5) is 13.6 Å². The van der Waals surface area contributed by atoms with E-state index >= 15 is 0 Å². The Morgan fingerprint density at radius 3 is 2.31 bits per heavy atom. The largest absolute Gasteiger partial charge is 0.381 e. The van der Waals surface area contributed by atoms with Crippen LogP contribution in [0.1, 0.15) is 82.2 Å². The number of halogens is 3. The Morgan fingerprint density at radius 1 is 1.02 bits per heavy atom. The van der Waals surface area contributed by atoms with Crippen LogP contribution in [0.3, 0.4) is 0 Å². The molecule has 1 saturated carbocycles. The Bertz CT molecular complexity index is 1060. The van der Waals surface area contributed by atoms with Gasteiger partial charge in [-0.15, -0.1) is 12.4 Å². The van der Waals surface area contributed by atoms with Crippen LogP contribution in [0.15, 0.2) is 30.3 Å². The number of carbonyl (C=O) groups is 2. The topological polar surface area (TPSA) is 65.1 Å². The van der Waals surface area contributed by atoms with Gasteiger partial charge in [0, 0.05) is 70.7 Å². The van der Waals surface area contributed by atoms with Gasteiger partial charge in [-0.1, -0.05) is 30.3 Å². The highest BCUT2D eigenvalue weighted by atomic mass is 35.5. The summed E-state index contributed by atoms with van der Waals surface area (Å²) in [6.45, 7) is 4.13. The average molecular weight is 609 g/mol. The van der Waals surface area contributed by atoms with E-state index in [0.29, 0.717) is 18.0 Å². The third-order valence-electron chi connectivity index (χ3n) is 10.9. The average Bonchev–Trinajstić information content (AvgIpc) is 3.35. The summed E-state index contributed by atoms with van der Waals surface area (Å²) in [5, 5.41) is 3.25. The highest BCUT2D eigenvalue weighted by Crippen LogP contribution is 2.47. The fourth-order valence-electron chi connectivity index (χ4n) is 8.39. The molecule has 4 aliphatic heterocycles. The quantitative estimate of drug-likeness (QED) is 0.415. The van der Waals surface area contributed by atoms with Crippen molar-refractivity contribution in [2.75, 3.05) is 39.9 Å². The summed E-state index contributed by atoms with van der Waals surface area (Å²) in [5.74, 6) is -2.54. The number of hydrogen-bond donors (Lipinski definition) is 1. The molecule has 7 nitrogen and oxygen atoms in total. The minimum Gasteiger partial charge on any atom is -0.381 e. The molecule has 6 rings (SSSR count). The molecular formula is C32H47ClF2N4O3. The summed E-state index contributed by atoms with van der Waals surface area (Å²) in [6.07, 6.45) is 7.21. The van der Waals surface area contributed by atoms with E-state index in [-0.39, 0.29) is 67.5 Å². The number of likely N-dealkylation sites (N-methyl/N-ethyl adjacent to an activating group) is 1. The van der Waals surface area contributed by atoms with E-state index in [0.717, 1.165) is 83.4 Å². The molecule has 10 heteroatoms. The Morgan fingerprint density at radius 2 is 1.67 bits per heavy atom. The van der Waals surface area contributed by atoms with Crippen molar-refractivity contribution in [3.63, 3.8) is 0 Å². The summed E-state index contributed by atoms with van der Waals surface area (Å²) in [6, 6.07) is 10.9. The predicted octanol–water partition coefficient (Wildman–Crippen LogP) is 5.64. The smallest absolute Gasteiger partial charge is 0.320 e. The van der Waals surface area contributed by atoms with Gasteiger partial charge in [-0.05, 0) is 69.3 Å². The van der Waals surface area contributed by atoms with Gasteiger partial charge in [0.05, 0.1) is 11.6 Å². The predicted molar refractivity (Wildman–Crippen MR) is 160 cm³/mol. The molecule has 1 aliphatic carbocycles. The van der Waals surface area contributed by atoms with E-state index in [4.69, 9.17) is 4.74 Å².